The summed E-state index contributed by atoms with van der Waals surface area (Å²) < 4.78 is 0. The molecule has 0 aromatic carbocycles. The summed E-state index contributed by atoms with van der Waals surface area (Å²) in [7, 11) is 0. The SMILES string of the molecule is CCCCCC=CC=CC=CC=CC(=O)O. The minimum atomic E-state index is -0.926. The van der Waals surface area contributed by atoms with Crippen LogP contribution in [0.2, 0.25) is 0 Å². The maximum Gasteiger partial charge on any atom is 0.328 e. The lowest BCUT2D eigenvalue weighted by atomic mass is 10.2. The number of unbranched alkanes of at least 4 members (excludes halogenated alkanes) is 3. The Bertz CT molecular complexity index is 283. The van der Waals surface area contributed by atoms with Gasteiger partial charge in [-0.05, 0) is 12.8 Å². The van der Waals surface area contributed by atoms with Crippen LogP contribution in [0.1, 0.15) is 32.6 Å². The van der Waals surface area contributed by atoms with Crippen molar-refractivity contribution in [2.45, 2.75) is 32.6 Å². The van der Waals surface area contributed by atoms with Gasteiger partial charge in [0.2, 0.25) is 0 Å². The number of allylic oxidation sites excluding steroid dienone is 7. The van der Waals surface area contributed by atoms with E-state index in [1.165, 1.54) is 25.3 Å². The molecule has 0 aromatic rings. The zero-order valence-electron chi connectivity index (χ0n) is 9.80. The molecule has 2 nitrogen and oxygen atoms in total. The fourth-order valence-corrected chi connectivity index (χ4v) is 1.08. The Hall–Kier alpha value is -1.57. The predicted octanol–water partition coefficient (Wildman–Crippen LogP) is 3.88. The molecule has 0 aliphatic heterocycles. The Kier molecular flexibility index (Phi) is 10.4. The zero-order valence-corrected chi connectivity index (χ0v) is 9.80. The van der Waals surface area contributed by atoms with Crippen molar-refractivity contribution >= 4 is 5.97 Å². The first-order valence-corrected chi connectivity index (χ1v) is 5.67. The van der Waals surface area contributed by atoms with Crippen LogP contribution in [0.15, 0.2) is 48.6 Å². The van der Waals surface area contributed by atoms with E-state index in [2.05, 4.69) is 13.0 Å². The molecule has 0 aliphatic carbocycles. The van der Waals surface area contributed by atoms with Gasteiger partial charge in [-0.3, -0.25) is 0 Å². The maximum atomic E-state index is 10.1. The first-order chi connectivity index (χ1) is 7.77. The van der Waals surface area contributed by atoms with E-state index in [-0.39, 0.29) is 0 Å². The first-order valence-electron chi connectivity index (χ1n) is 5.67. The van der Waals surface area contributed by atoms with Crippen molar-refractivity contribution < 1.29 is 9.90 Å². The largest absolute Gasteiger partial charge is 0.478 e. The molecule has 0 saturated carbocycles. The van der Waals surface area contributed by atoms with E-state index in [1.807, 2.05) is 18.2 Å². The standard InChI is InChI=1S/C14H20O2/c1-2-3-4-5-6-7-8-9-10-11-12-13-14(15)16/h6-13H,2-5H2,1H3,(H,15,16). The van der Waals surface area contributed by atoms with Crippen LogP contribution in [0.25, 0.3) is 0 Å². The van der Waals surface area contributed by atoms with Gasteiger partial charge in [0.25, 0.3) is 0 Å². The lowest BCUT2D eigenvalue weighted by Crippen LogP contribution is -1.84. The molecule has 0 rings (SSSR count). The lowest BCUT2D eigenvalue weighted by molar-refractivity contribution is -0.131. The summed E-state index contributed by atoms with van der Waals surface area (Å²) >= 11 is 0. The van der Waals surface area contributed by atoms with E-state index >= 15 is 0 Å². The second-order valence-electron chi connectivity index (χ2n) is 3.39. The predicted molar refractivity (Wildman–Crippen MR) is 68.3 cm³/mol. The molecular weight excluding hydrogens is 200 g/mol. The van der Waals surface area contributed by atoms with Gasteiger partial charge in [0.05, 0.1) is 0 Å². The van der Waals surface area contributed by atoms with Gasteiger partial charge in [-0.15, -0.1) is 0 Å². The van der Waals surface area contributed by atoms with E-state index in [4.69, 9.17) is 5.11 Å². The Labute approximate surface area is 97.7 Å². The second kappa shape index (κ2) is 11.5. The fraction of sp³-hybridized carbons (Fsp3) is 0.357. The van der Waals surface area contributed by atoms with E-state index < -0.39 is 5.97 Å². The van der Waals surface area contributed by atoms with Gasteiger partial charge in [0.1, 0.15) is 0 Å². The van der Waals surface area contributed by atoms with Crippen LogP contribution in [0, 0.1) is 0 Å². The number of carboxylic acids is 1. The van der Waals surface area contributed by atoms with Crippen LogP contribution in [-0.4, -0.2) is 11.1 Å². The second-order valence-corrected chi connectivity index (χ2v) is 3.39. The summed E-state index contributed by atoms with van der Waals surface area (Å²) in [6.45, 7) is 2.19. The van der Waals surface area contributed by atoms with Crippen molar-refractivity contribution in [3.8, 4) is 0 Å². The molecule has 0 radical (unpaired) electrons. The van der Waals surface area contributed by atoms with Gasteiger partial charge >= 0.3 is 5.97 Å². The molecule has 16 heavy (non-hydrogen) atoms. The molecule has 0 atom stereocenters. The number of hydrogen-bond donors (Lipinski definition) is 1. The van der Waals surface area contributed by atoms with Crippen LogP contribution >= 0.6 is 0 Å². The van der Waals surface area contributed by atoms with Crippen molar-refractivity contribution in [1.82, 2.24) is 0 Å². The van der Waals surface area contributed by atoms with Gasteiger partial charge in [-0.25, -0.2) is 4.79 Å². The minimum absolute atomic E-state index is 0.926. The van der Waals surface area contributed by atoms with Crippen LogP contribution < -0.4 is 0 Å². The van der Waals surface area contributed by atoms with E-state index in [9.17, 15) is 4.79 Å². The van der Waals surface area contributed by atoms with Crippen LogP contribution in [-0.2, 0) is 4.79 Å². The lowest BCUT2D eigenvalue weighted by Gasteiger charge is -1.89. The molecule has 0 saturated heterocycles. The first kappa shape index (κ1) is 14.4. The van der Waals surface area contributed by atoms with Crippen molar-refractivity contribution in [3.05, 3.63) is 48.6 Å². The van der Waals surface area contributed by atoms with Gasteiger partial charge in [0, 0.05) is 6.08 Å². The minimum Gasteiger partial charge on any atom is -0.478 e. The topological polar surface area (TPSA) is 37.3 Å². The third-order valence-electron chi connectivity index (χ3n) is 1.90. The quantitative estimate of drug-likeness (QED) is 0.383. The molecule has 0 fully saturated rings. The van der Waals surface area contributed by atoms with Gasteiger partial charge in [0.15, 0.2) is 0 Å². The Balaban J connectivity index is 3.57. The summed E-state index contributed by atoms with van der Waals surface area (Å²) in [5.41, 5.74) is 0. The molecule has 0 amide bonds. The average molecular weight is 220 g/mol. The third kappa shape index (κ3) is 12.4. The highest BCUT2D eigenvalue weighted by atomic mass is 16.4. The van der Waals surface area contributed by atoms with E-state index in [1.54, 1.807) is 12.2 Å². The summed E-state index contributed by atoms with van der Waals surface area (Å²) in [5.74, 6) is -0.926. The molecule has 0 aliphatic rings. The third-order valence-corrected chi connectivity index (χ3v) is 1.90. The number of rotatable bonds is 8. The maximum absolute atomic E-state index is 10.1. The van der Waals surface area contributed by atoms with E-state index in [0.717, 1.165) is 12.5 Å². The van der Waals surface area contributed by atoms with Crippen LogP contribution in [0.3, 0.4) is 0 Å². The number of hydrogen-bond acceptors (Lipinski definition) is 1. The summed E-state index contributed by atoms with van der Waals surface area (Å²) in [5, 5.41) is 8.31. The van der Waals surface area contributed by atoms with Crippen molar-refractivity contribution in [3.63, 3.8) is 0 Å². The average Bonchev–Trinajstić information content (AvgIpc) is 2.25. The Morgan fingerprint density at radius 1 is 1.00 bits per heavy atom. The Morgan fingerprint density at radius 3 is 2.25 bits per heavy atom. The molecule has 0 bridgehead atoms. The van der Waals surface area contributed by atoms with Gasteiger partial charge in [-0.2, -0.15) is 0 Å². The number of carboxylic acid groups (broad SMARTS) is 1. The molecule has 0 aromatic heterocycles. The van der Waals surface area contributed by atoms with Crippen molar-refractivity contribution in [1.29, 1.82) is 0 Å². The van der Waals surface area contributed by atoms with E-state index in [0.29, 0.717) is 0 Å². The molecule has 1 N–H and O–H groups in total. The number of aliphatic carboxylic acids is 1. The van der Waals surface area contributed by atoms with Crippen molar-refractivity contribution in [2.75, 3.05) is 0 Å². The highest BCUT2D eigenvalue weighted by Crippen LogP contribution is 1.99. The normalized spacial score (nSPS) is 12.6. The summed E-state index contributed by atoms with van der Waals surface area (Å²) in [4.78, 5) is 10.1. The monoisotopic (exact) mass is 220 g/mol. The highest BCUT2D eigenvalue weighted by Gasteiger charge is 1.80. The summed E-state index contributed by atoms with van der Waals surface area (Å²) in [6.07, 6.45) is 19.0. The smallest absolute Gasteiger partial charge is 0.328 e. The zero-order chi connectivity index (χ0) is 12.1. The summed E-state index contributed by atoms with van der Waals surface area (Å²) in [6, 6.07) is 0. The molecular formula is C14H20O2. The Morgan fingerprint density at radius 2 is 1.62 bits per heavy atom. The number of carbonyl (C=O) groups is 1. The van der Waals surface area contributed by atoms with Crippen molar-refractivity contribution in [2.24, 2.45) is 0 Å². The molecule has 0 unspecified atom stereocenters. The van der Waals surface area contributed by atoms with Gasteiger partial charge in [-0.1, -0.05) is 62.3 Å². The highest BCUT2D eigenvalue weighted by molar-refractivity contribution is 5.80. The molecule has 88 valence electrons. The van der Waals surface area contributed by atoms with Crippen LogP contribution in [0.4, 0.5) is 0 Å². The van der Waals surface area contributed by atoms with Crippen LogP contribution in [0.5, 0.6) is 0 Å². The fourth-order valence-electron chi connectivity index (χ4n) is 1.08. The molecule has 2 heteroatoms. The van der Waals surface area contributed by atoms with Gasteiger partial charge < -0.3 is 5.11 Å². The molecule has 0 spiro atoms. The molecule has 0 heterocycles.